The molecule has 4 rings (SSSR count). The summed E-state index contributed by atoms with van der Waals surface area (Å²) in [7, 11) is 0. The van der Waals surface area contributed by atoms with E-state index < -0.39 is 17.4 Å². The molecule has 2 aromatic carbocycles. The van der Waals surface area contributed by atoms with Crippen LogP contribution in [0.3, 0.4) is 0 Å². The van der Waals surface area contributed by atoms with Gasteiger partial charge in [0.05, 0.1) is 11.7 Å². The van der Waals surface area contributed by atoms with Crippen LogP contribution in [0.5, 0.6) is 0 Å². The van der Waals surface area contributed by atoms with Crippen LogP contribution in [0.25, 0.3) is 5.69 Å². The molecule has 0 aliphatic rings. The van der Waals surface area contributed by atoms with Gasteiger partial charge in [-0.15, -0.1) is 11.3 Å². The first kappa shape index (κ1) is 21.0. The Morgan fingerprint density at radius 1 is 1.13 bits per heavy atom. The standard InChI is InChI=1S/C23H17ClFN3O2S/c1-14-13-19(29)22(27-28(14)18-10-6-16(24)7-11-18)23(30)26-21(20-3-2-12-31-20)15-4-8-17(25)9-5-15/h2-13,21H,1H3,(H,26,30). The van der Waals surface area contributed by atoms with Gasteiger partial charge in [0.1, 0.15) is 5.82 Å². The Hall–Kier alpha value is -3.29. The molecule has 2 aromatic heterocycles. The van der Waals surface area contributed by atoms with Gasteiger partial charge in [-0.2, -0.15) is 5.10 Å². The molecular formula is C23H17ClFN3O2S. The van der Waals surface area contributed by atoms with Crippen LogP contribution < -0.4 is 10.7 Å². The van der Waals surface area contributed by atoms with E-state index in [0.717, 1.165) is 4.88 Å². The van der Waals surface area contributed by atoms with Crippen molar-refractivity contribution in [3.63, 3.8) is 0 Å². The quantitative estimate of drug-likeness (QED) is 0.466. The van der Waals surface area contributed by atoms with E-state index in [1.54, 1.807) is 43.3 Å². The molecule has 156 valence electrons. The largest absolute Gasteiger partial charge is 0.339 e. The van der Waals surface area contributed by atoms with E-state index >= 15 is 0 Å². The number of aryl methyl sites for hydroxylation is 1. The van der Waals surface area contributed by atoms with Crippen molar-refractivity contribution in [1.82, 2.24) is 15.1 Å². The minimum atomic E-state index is -0.615. The summed E-state index contributed by atoms with van der Waals surface area (Å²) in [6.45, 7) is 1.73. The maximum atomic E-state index is 13.4. The second-order valence-electron chi connectivity index (χ2n) is 6.86. The second-order valence-corrected chi connectivity index (χ2v) is 8.28. The number of aromatic nitrogens is 2. The van der Waals surface area contributed by atoms with Gasteiger partial charge < -0.3 is 5.32 Å². The summed E-state index contributed by atoms with van der Waals surface area (Å²) in [6, 6.07) is 17.3. The van der Waals surface area contributed by atoms with Crippen LogP contribution in [0.4, 0.5) is 4.39 Å². The zero-order chi connectivity index (χ0) is 22.0. The second kappa shape index (κ2) is 8.83. The van der Waals surface area contributed by atoms with Crippen LogP contribution in [-0.2, 0) is 0 Å². The van der Waals surface area contributed by atoms with Crippen LogP contribution in [0.15, 0.2) is 76.9 Å². The third-order valence-electron chi connectivity index (χ3n) is 4.70. The summed E-state index contributed by atoms with van der Waals surface area (Å²) >= 11 is 7.40. The van der Waals surface area contributed by atoms with Crippen molar-refractivity contribution in [2.45, 2.75) is 13.0 Å². The number of rotatable bonds is 5. The summed E-state index contributed by atoms with van der Waals surface area (Å²) in [4.78, 5) is 26.5. The van der Waals surface area contributed by atoms with E-state index in [1.165, 1.54) is 34.2 Å². The molecular weight excluding hydrogens is 437 g/mol. The summed E-state index contributed by atoms with van der Waals surface area (Å²) in [5.41, 5.74) is 1.23. The number of benzene rings is 2. The van der Waals surface area contributed by atoms with E-state index in [2.05, 4.69) is 10.4 Å². The van der Waals surface area contributed by atoms with Gasteiger partial charge in [0.25, 0.3) is 5.91 Å². The van der Waals surface area contributed by atoms with Gasteiger partial charge in [-0.25, -0.2) is 9.07 Å². The lowest BCUT2D eigenvalue weighted by atomic mass is 10.0. The fourth-order valence-corrected chi connectivity index (χ4v) is 4.11. The molecule has 31 heavy (non-hydrogen) atoms. The average Bonchev–Trinajstić information content (AvgIpc) is 3.28. The number of hydrogen-bond acceptors (Lipinski definition) is 4. The highest BCUT2D eigenvalue weighted by Gasteiger charge is 2.22. The van der Waals surface area contributed by atoms with Gasteiger partial charge in [0.2, 0.25) is 5.43 Å². The average molecular weight is 454 g/mol. The van der Waals surface area contributed by atoms with Crippen LogP contribution >= 0.6 is 22.9 Å². The lowest BCUT2D eigenvalue weighted by Crippen LogP contribution is -2.34. The normalized spacial score (nSPS) is 11.8. The molecule has 1 amide bonds. The molecule has 2 heterocycles. The predicted molar refractivity (Wildman–Crippen MR) is 120 cm³/mol. The summed E-state index contributed by atoms with van der Waals surface area (Å²) in [6.07, 6.45) is 0. The van der Waals surface area contributed by atoms with Crippen molar-refractivity contribution < 1.29 is 9.18 Å². The van der Waals surface area contributed by atoms with Crippen LogP contribution in [0, 0.1) is 12.7 Å². The van der Waals surface area contributed by atoms with E-state index in [4.69, 9.17) is 11.6 Å². The molecule has 8 heteroatoms. The lowest BCUT2D eigenvalue weighted by Gasteiger charge is -2.18. The third kappa shape index (κ3) is 4.57. The molecule has 0 radical (unpaired) electrons. The number of halogens is 2. The van der Waals surface area contributed by atoms with Crippen LogP contribution in [0.2, 0.25) is 5.02 Å². The minimum Gasteiger partial charge on any atom is -0.339 e. The minimum absolute atomic E-state index is 0.232. The number of hydrogen-bond donors (Lipinski definition) is 1. The topological polar surface area (TPSA) is 64.0 Å². The van der Waals surface area contributed by atoms with E-state index in [0.29, 0.717) is 22.0 Å². The van der Waals surface area contributed by atoms with E-state index in [1.807, 2.05) is 17.5 Å². The first-order valence-corrected chi connectivity index (χ1v) is 10.6. The van der Waals surface area contributed by atoms with Gasteiger partial charge in [0, 0.05) is 21.7 Å². The van der Waals surface area contributed by atoms with E-state index in [9.17, 15) is 14.0 Å². The molecule has 0 aliphatic carbocycles. The Kier molecular flexibility index (Phi) is 5.97. The predicted octanol–water partition coefficient (Wildman–Crippen LogP) is 4.91. The van der Waals surface area contributed by atoms with Crippen molar-refractivity contribution in [2.75, 3.05) is 0 Å². The Labute approximate surface area is 186 Å². The number of amides is 1. The number of carbonyl (C=O) groups is 1. The smallest absolute Gasteiger partial charge is 0.276 e. The number of nitrogens with zero attached hydrogens (tertiary/aromatic N) is 2. The molecule has 0 saturated heterocycles. The molecule has 0 aliphatic heterocycles. The van der Waals surface area contributed by atoms with Crippen molar-refractivity contribution in [3.8, 4) is 5.69 Å². The molecule has 0 fully saturated rings. The SMILES string of the molecule is Cc1cc(=O)c(C(=O)NC(c2ccc(F)cc2)c2cccs2)nn1-c1ccc(Cl)cc1. The zero-order valence-electron chi connectivity index (χ0n) is 16.4. The van der Waals surface area contributed by atoms with Gasteiger partial charge in [-0.3, -0.25) is 9.59 Å². The van der Waals surface area contributed by atoms with Crippen molar-refractivity contribution in [3.05, 3.63) is 115 Å². The van der Waals surface area contributed by atoms with Crippen LogP contribution in [-0.4, -0.2) is 15.7 Å². The number of carbonyl (C=O) groups excluding carboxylic acids is 1. The van der Waals surface area contributed by atoms with Crippen molar-refractivity contribution in [2.24, 2.45) is 0 Å². The Morgan fingerprint density at radius 3 is 2.48 bits per heavy atom. The van der Waals surface area contributed by atoms with Gasteiger partial charge in [0.15, 0.2) is 5.69 Å². The molecule has 4 aromatic rings. The zero-order valence-corrected chi connectivity index (χ0v) is 18.0. The van der Waals surface area contributed by atoms with Gasteiger partial charge in [-0.05, 0) is 60.3 Å². The molecule has 1 N–H and O–H groups in total. The number of nitrogens with one attached hydrogen (secondary N) is 1. The van der Waals surface area contributed by atoms with Crippen molar-refractivity contribution >= 4 is 28.8 Å². The molecule has 5 nitrogen and oxygen atoms in total. The van der Waals surface area contributed by atoms with Crippen LogP contribution in [0.1, 0.15) is 32.7 Å². The highest BCUT2D eigenvalue weighted by molar-refractivity contribution is 7.10. The molecule has 1 unspecified atom stereocenters. The number of thiophene rings is 1. The molecule has 0 saturated carbocycles. The van der Waals surface area contributed by atoms with E-state index in [-0.39, 0.29) is 11.5 Å². The molecule has 0 spiro atoms. The highest BCUT2D eigenvalue weighted by Crippen LogP contribution is 2.26. The third-order valence-corrected chi connectivity index (χ3v) is 5.89. The first-order chi connectivity index (χ1) is 14.9. The maximum absolute atomic E-state index is 13.4. The van der Waals surface area contributed by atoms with Gasteiger partial charge in [-0.1, -0.05) is 29.8 Å². The Balaban J connectivity index is 1.71. The summed E-state index contributed by atoms with van der Waals surface area (Å²) in [5, 5.41) is 9.63. The Bertz CT molecular complexity index is 1270. The first-order valence-electron chi connectivity index (χ1n) is 9.39. The summed E-state index contributed by atoms with van der Waals surface area (Å²) < 4.78 is 14.9. The summed E-state index contributed by atoms with van der Waals surface area (Å²) in [5.74, 6) is -0.985. The fraction of sp³-hybridized carbons (Fsp3) is 0.0870. The monoisotopic (exact) mass is 453 g/mol. The maximum Gasteiger partial charge on any atom is 0.276 e. The lowest BCUT2D eigenvalue weighted by molar-refractivity contribution is 0.0935. The Morgan fingerprint density at radius 2 is 1.84 bits per heavy atom. The highest BCUT2D eigenvalue weighted by atomic mass is 35.5. The van der Waals surface area contributed by atoms with Gasteiger partial charge >= 0.3 is 0 Å². The molecule has 1 atom stereocenters. The molecule has 0 bridgehead atoms. The fourth-order valence-electron chi connectivity index (χ4n) is 3.18. The van der Waals surface area contributed by atoms with Crippen molar-refractivity contribution in [1.29, 1.82) is 0 Å².